The molecule has 0 saturated heterocycles. The van der Waals surface area contributed by atoms with Crippen molar-refractivity contribution in [3.05, 3.63) is 4.88 Å². The van der Waals surface area contributed by atoms with Gasteiger partial charge in [-0.25, -0.2) is 0 Å². The second kappa shape index (κ2) is 2.06. The Balaban J connectivity index is 3.19. The fourth-order valence-electron chi connectivity index (χ4n) is 0.435. The van der Waals surface area contributed by atoms with E-state index in [2.05, 4.69) is 11.3 Å². The molecule has 0 aromatic carbocycles. The third-order valence-corrected chi connectivity index (χ3v) is 3.69. The van der Waals surface area contributed by atoms with Crippen molar-refractivity contribution in [1.82, 2.24) is 4.37 Å². The first-order valence-electron chi connectivity index (χ1n) is 2.40. The van der Waals surface area contributed by atoms with Crippen LogP contribution >= 0.6 is 11.5 Å². The van der Waals surface area contributed by atoms with Crippen LogP contribution in [-0.2, 0) is 0 Å². The van der Waals surface area contributed by atoms with Crippen LogP contribution in [0.15, 0.2) is 0 Å². The molecule has 0 unspecified atom stereocenters. The first kappa shape index (κ1) is 6.09. The fourth-order valence-corrected chi connectivity index (χ4v) is 1.60. The van der Waals surface area contributed by atoms with Crippen molar-refractivity contribution in [2.75, 3.05) is 5.73 Å². The predicted octanol–water partition coefficient (Wildman–Crippen LogP) is -0.708. The quantitative estimate of drug-likeness (QED) is 0.486. The van der Waals surface area contributed by atoms with Gasteiger partial charge in [-0.2, -0.15) is 4.37 Å². The minimum absolute atomic E-state index is 0.735. The van der Waals surface area contributed by atoms with E-state index in [9.17, 15) is 0 Å². The third-order valence-electron chi connectivity index (χ3n) is 1.19. The number of aromatic nitrogens is 1. The van der Waals surface area contributed by atoms with Crippen LogP contribution in [0.4, 0.5) is 5.82 Å². The molecule has 8 heavy (non-hydrogen) atoms. The lowest BCUT2D eigenvalue weighted by Crippen LogP contribution is -2.08. The second-order valence-corrected chi connectivity index (χ2v) is 3.73. The molecule has 0 radical (unpaired) electrons. The van der Waals surface area contributed by atoms with Crippen molar-refractivity contribution in [3.63, 3.8) is 0 Å². The molecule has 0 aliphatic heterocycles. The van der Waals surface area contributed by atoms with E-state index in [0.29, 0.717) is 0 Å². The van der Waals surface area contributed by atoms with E-state index < -0.39 is 0 Å². The molecule has 0 saturated carbocycles. The van der Waals surface area contributed by atoms with Crippen molar-refractivity contribution in [2.45, 2.75) is 6.92 Å². The van der Waals surface area contributed by atoms with Gasteiger partial charge in [0.05, 0.1) is 0 Å². The van der Waals surface area contributed by atoms with Crippen LogP contribution in [0.1, 0.15) is 4.88 Å². The van der Waals surface area contributed by atoms with Crippen LogP contribution in [0.3, 0.4) is 0 Å². The molecular formula is C4H7AlN2S. The van der Waals surface area contributed by atoms with Crippen LogP contribution in [-0.4, -0.2) is 20.7 Å². The molecule has 0 aliphatic carbocycles. The zero-order valence-corrected chi connectivity index (χ0v) is 7.75. The van der Waals surface area contributed by atoms with Crippen molar-refractivity contribution >= 4 is 38.1 Å². The summed E-state index contributed by atoms with van der Waals surface area (Å²) in [6, 6.07) is 0. The highest BCUT2D eigenvalue weighted by Crippen LogP contribution is 2.03. The van der Waals surface area contributed by atoms with E-state index in [-0.39, 0.29) is 0 Å². The Kier molecular flexibility index (Phi) is 1.57. The Morgan fingerprint density at radius 3 is 2.50 bits per heavy atom. The fraction of sp³-hybridized carbons (Fsp3) is 0.250. The van der Waals surface area contributed by atoms with E-state index >= 15 is 0 Å². The molecule has 0 atom stereocenters. The smallest absolute Gasteiger partial charge is 0.266 e. The highest BCUT2D eigenvalue weighted by atomic mass is 32.1. The van der Waals surface area contributed by atoms with E-state index in [1.807, 2.05) is 0 Å². The second-order valence-electron chi connectivity index (χ2n) is 1.75. The molecule has 1 heterocycles. The molecule has 4 heteroatoms. The van der Waals surface area contributed by atoms with E-state index in [1.54, 1.807) is 0 Å². The molecule has 2 nitrogen and oxygen atoms in total. The Labute approximate surface area is 60.3 Å². The van der Waals surface area contributed by atoms with Gasteiger partial charge in [0.15, 0.2) is 0 Å². The largest absolute Gasteiger partial charge is 0.384 e. The third kappa shape index (κ3) is 0.874. The number of anilines is 1. The number of rotatable bonds is 0. The van der Waals surface area contributed by atoms with Crippen molar-refractivity contribution in [3.8, 4) is 0 Å². The summed E-state index contributed by atoms with van der Waals surface area (Å²) in [4.78, 5) is 1.27. The molecule has 0 spiro atoms. The maximum Gasteiger partial charge on any atom is 0.266 e. The minimum Gasteiger partial charge on any atom is -0.384 e. The number of nitrogens with zero attached hydrogens (tertiary/aromatic N) is 1. The maximum absolute atomic E-state index is 5.47. The summed E-state index contributed by atoms with van der Waals surface area (Å²) in [5.41, 5.74) is 5.47. The monoisotopic (exact) mass is 142 g/mol. The normalized spacial score (nSPS) is 9.62. The van der Waals surface area contributed by atoms with Crippen molar-refractivity contribution in [2.24, 2.45) is 0 Å². The topological polar surface area (TPSA) is 38.9 Å². The van der Waals surface area contributed by atoms with Gasteiger partial charge in [0, 0.05) is 4.88 Å². The lowest BCUT2D eigenvalue weighted by Gasteiger charge is -1.84. The molecular weight excluding hydrogens is 135 g/mol. The zero-order chi connectivity index (χ0) is 6.15. The average Bonchev–Trinajstić information content (AvgIpc) is 1.98. The molecule has 0 fully saturated rings. The van der Waals surface area contributed by atoms with Gasteiger partial charge >= 0.3 is 0 Å². The van der Waals surface area contributed by atoms with Gasteiger partial charge in [0.25, 0.3) is 16.3 Å². The van der Waals surface area contributed by atoms with Crippen LogP contribution in [0.25, 0.3) is 0 Å². The highest BCUT2D eigenvalue weighted by molar-refractivity contribution is 7.07. The van der Waals surface area contributed by atoms with Gasteiger partial charge < -0.3 is 5.73 Å². The molecule has 0 aliphatic rings. The molecule has 2 N–H and O–H groups in total. The van der Waals surface area contributed by atoms with Gasteiger partial charge in [-0.15, -0.1) is 0 Å². The summed E-state index contributed by atoms with van der Waals surface area (Å²) < 4.78 is 5.23. The minimum atomic E-state index is 0.735. The van der Waals surface area contributed by atoms with Crippen LogP contribution in [0.5, 0.6) is 0 Å². The number of nitrogen functional groups attached to an aromatic ring is 1. The lowest BCUT2D eigenvalue weighted by atomic mass is 10.5. The van der Waals surface area contributed by atoms with Crippen molar-refractivity contribution in [1.29, 1.82) is 0 Å². The summed E-state index contributed by atoms with van der Waals surface area (Å²) in [6.45, 7) is 2.05. The number of hydrogen-bond donors (Lipinski definition) is 1. The highest BCUT2D eigenvalue weighted by Gasteiger charge is 1.98. The van der Waals surface area contributed by atoms with Gasteiger partial charge in [0.2, 0.25) is 0 Å². The number of nitrogens with two attached hydrogens (primary N) is 1. The number of aryl methyl sites for hydroxylation is 1. The summed E-state index contributed by atoms with van der Waals surface area (Å²) in [5.74, 6) is 0.735. The van der Waals surface area contributed by atoms with Gasteiger partial charge in [-0.1, -0.05) is 4.43 Å². The SMILES string of the molecule is Cc1snc(N)[c]1[AlH2]. The molecule has 1 rings (SSSR count). The summed E-state index contributed by atoms with van der Waals surface area (Å²) in [5, 5.41) is 0. The Morgan fingerprint density at radius 2 is 2.38 bits per heavy atom. The first-order valence-corrected chi connectivity index (χ1v) is 4.17. The summed E-state index contributed by atoms with van der Waals surface area (Å²) >= 11 is 2.51. The molecule has 0 bridgehead atoms. The van der Waals surface area contributed by atoms with E-state index in [4.69, 9.17) is 5.73 Å². The molecule has 1 aromatic rings. The van der Waals surface area contributed by atoms with E-state index in [0.717, 1.165) is 22.1 Å². The molecule has 0 amide bonds. The average molecular weight is 142 g/mol. The lowest BCUT2D eigenvalue weighted by molar-refractivity contribution is 1.58. The molecule has 42 valence electrons. The summed E-state index contributed by atoms with van der Waals surface area (Å²) in [6.07, 6.45) is 0. The number of hydrogen-bond acceptors (Lipinski definition) is 3. The molecule has 1 aromatic heterocycles. The zero-order valence-electron chi connectivity index (χ0n) is 4.93. The van der Waals surface area contributed by atoms with Gasteiger partial charge in [-0.05, 0) is 18.5 Å². The van der Waals surface area contributed by atoms with Crippen LogP contribution in [0.2, 0.25) is 0 Å². The predicted molar refractivity (Wildman–Crippen MR) is 39.4 cm³/mol. The van der Waals surface area contributed by atoms with Crippen LogP contribution < -0.4 is 10.2 Å². The van der Waals surface area contributed by atoms with Crippen LogP contribution in [0, 0.1) is 6.92 Å². The first-order chi connectivity index (χ1) is 3.72. The summed E-state index contributed by atoms with van der Waals surface area (Å²) in [7, 11) is 0. The standard InChI is InChI=1S/C4H5N2S.Al.2H/c1-3-2-4(5)6-7-3;;;/h1H3,(H2,5,6);;;. The van der Waals surface area contributed by atoms with Crippen molar-refractivity contribution < 1.29 is 0 Å². The Hall–Kier alpha value is -0.0375. The van der Waals surface area contributed by atoms with Gasteiger partial charge in [0.1, 0.15) is 5.82 Å². The Bertz CT molecular complexity index is 176. The Morgan fingerprint density at radius 1 is 1.75 bits per heavy atom. The maximum atomic E-state index is 5.47. The van der Waals surface area contributed by atoms with Gasteiger partial charge in [-0.3, -0.25) is 0 Å². The van der Waals surface area contributed by atoms with E-state index in [1.165, 1.54) is 20.8 Å².